The minimum atomic E-state index is -0.873. The number of aromatic nitrogens is 2. The molecule has 1 aromatic carbocycles. The third-order valence-corrected chi connectivity index (χ3v) is 7.06. The van der Waals surface area contributed by atoms with Gasteiger partial charge in [-0.05, 0) is 62.5 Å². The second-order valence-corrected chi connectivity index (χ2v) is 8.97. The number of aliphatic hydroxyl groups is 1. The fourth-order valence-corrected chi connectivity index (χ4v) is 4.44. The van der Waals surface area contributed by atoms with Gasteiger partial charge in [-0.1, -0.05) is 12.1 Å². The van der Waals surface area contributed by atoms with Crippen molar-refractivity contribution in [2.45, 2.75) is 20.0 Å². The van der Waals surface area contributed by atoms with Crippen molar-refractivity contribution in [1.29, 1.82) is 0 Å². The third-order valence-electron chi connectivity index (χ3n) is 3.81. The Balaban J connectivity index is 1.94. The number of aryl methyl sites for hydroxylation is 1. The largest absolute Gasteiger partial charge is 0.481 e. The summed E-state index contributed by atoms with van der Waals surface area (Å²) in [6, 6.07) is 9.01. The second-order valence-electron chi connectivity index (χ2n) is 5.74. The molecule has 2 aromatic heterocycles. The molecule has 2 heterocycles. The molecule has 6 nitrogen and oxygen atoms in total. The molecule has 0 bridgehead atoms. The maximum absolute atomic E-state index is 10.8. The van der Waals surface area contributed by atoms with Gasteiger partial charge in [0.05, 0.1) is 21.7 Å². The highest BCUT2D eigenvalue weighted by Gasteiger charge is 2.15. The molecule has 0 fully saturated rings. The number of aliphatic hydroxyl groups excluding tert-OH is 1. The van der Waals surface area contributed by atoms with Crippen LogP contribution >= 0.6 is 43.2 Å². The lowest BCUT2D eigenvalue weighted by atomic mass is 10.1. The molecular weight excluding hydrogens is 498 g/mol. The van der Waals surface area contributed by atoms with Crippen LogP contribution in [-0.2, 0) is 17.8 Å². The van der Waals surface area contributed by atoms with Crippen molar-refractivity contribution in [3.63, 3.8) is 0 Å². The Labute approximate surface area is 176 Å². The lowest BCUT2D eigenvalue weighted by molar-refractivity contribution is -0.136. The fourth-order valence-electron chi connectivity index (χ4n) is 2.47. The average molecular weight is 513 g/mol. The van der Waals surface area contributed by atoms with Crippen LogP contribution in [0.25, 0.3) is 10.7 Å². The van der Waals surface area contributed by atoms with Crippen LogP contribution in [0.3, 0.4) is 0 Å². The summed E-state index contributed by atoms with van der Waals surface area (Å²) in [7, 11) is 0. The van der Waals surface area contributed by atoms with Gasteiger partial charge in [-0.3, -0.25) is 4.79 Å². The molecule has 0 atom stereocenters. The molecule has 3 N–H and O–H groups in total. The van der Waals surface area contributed by atoms with Crippen molar-refractivity contribution in [2.24, 2.45) is 0 Å². The highest BCUT2D eigenvalue weighted by atomic mass is 79.9. The molecule has 0 saturated heterocycles. The van der Waals surface area contributed by atoms with E-state index in [1.165, 1.54) is 11.3 Å². The van der Waals surface area contributed by atoms with Gasteiger partial charge in [0.1, 0.15) is 5.82 Å². The maximum Gasteiger partial charge on any atom is 0.307 e. The van der Waals surface area contributed by atoms with E-state index < -0.39 is 5.97 Å². The first-order chi connectivity index (χ1) is 12.9. The first kappa shape index (κ1) is 19.9. The van der Waals surface area contributed by atoms with Crippen molar-refractivity contribution in [1.82, 2.24) is 9.97 Å². The number of hydrogen-bond donors (Lipinski definition) is 3. The SMILES string of the molecule is Cc1nc(-c2cc(Br)c(Br)s2)nc(Nc2ccc(CC(=O)O)cc2)c1CO. The summed E-state index contributed by atoms with van der Waals surface area (Å²) >= 11 is 8.45. The van der Waals surface area contributed by atoms with Gasteiger partial charge in [-0.2, -0.15) is 0 Å². The van der Waals surface area contributed by atoms with Gasteiger partial charge in [0.2, 0.25) is 0 Å². The zero-order valence-electron chi connectivity index (χ0n) is 14.2. The van der Waals surface area contributed by atoms with E-state index in [2.05, 4.69) is 47.1 Å². The highest BCUT2D eigenvalue weighted by molar-refractivity contribution is 9.13. The molecule has 3 rings (SSSR count). The first-order valence-electron chi connectivity index (χ1n) is 7.88. The number of nitrogens with zero attached hydrogens (tertiary/aromatic N) is 2. The van der Waals surface area contributed by atoms with Crippen LogP contribution in [0, 0.1) is 6.92 Å². The van der Waals surface area contributed by atoms with Crippen molar-refractivity contribution in [3.8, 4) is 10.7 Å². The van der Waals surface area contributed by atoms with Crippen molar-refractivity contribution in [3.05, 3.63) is 55.4 Å². The number of rotatable bonds is 6. The highest BCUT2D eigenvalue weighted by Crippen LogP contribution is 2.37. The second kappa shape index (κ2) is 8.47. The zero-order chi connectivity index (χ0) is 19.6. The molecular formula is C18H15Br2N3O3S. The van der Waals surface area contributed by atoms with Crippen LogP contribution in [-0.4, -0.2) is 26.2 Å². The Morgan fingerprint density at radius 1 is 1.22 bits per heavy atom. The van der Waals surface area contributed by atoms with Crippen LogP contribution in [0.15, 0.2) is 38.6 Å². The lowest BCUT2D eigenvalue weighted by Gasteiger charge is -2.13. The van der Waals surface area contributed by atoms with Crippen molar-refractivity contribution >= 4 is 60.7 Å². The van der Waals surface area contributed by atoms with E-state index in [1.54, 1.807) is 24.3 Å². The number of anilines is 2. The molecule has 0 amide bonds. The smallest absolute Gasteiger partial charge is 0.307 e. The maximum atomic E-state index is 10.8. The number of thiophene rings is 1. The van der Waals surface area contributed by atoms with Crippen LogP contribution < -0.4 is 5.32 Å². The van der Waals surface area contributed by atoms with Gasteiger partial charge in [-0.25, -0.2) is 9.97 Å². The number of carbonyl (C=O) groups is 1. The third kappa shape index (κ3) is 4.73. The normalized spacial score (nSPS) is 10.8. The molecule has 9 heteroatoms. The van der Waals surface area contributed by atoms with E-state index in [-0.39, 0.29) is 13.0 Å². The summed E-state index contributed by atoms with van der Waals surface area (Å²) in [6.45, 7) is 1.64. The molecule has 0 spiro atoms. The predicted molar refractivity (Wildman–Crippen MR) is 112 cm³/mol. The summed E-state index contributed by atoms with van der Waals surface area (Å²) in [6.07, 6.45) is -0.0267. The number of carboxylic acid groups (broad SMARTS) is 1. The standard InChI is InChI=1S/C18H15Br2N3O3S/c1-9-12(8-24)17(22-11-4-2-10(3-5-11)6-15(25)26)23-18(21-9)14-7-13(19)16(20)27-14/h2-5,7,24H,6,8H2,1H3,(H,25,26)(H,21,22,23). The molecule has 0 aliphatic rings. The fraction of sp³-hybridized carbons (Fsp3) is 0.167. The number of halogens is 2. The Morgan fingerprint density at radius 2 is 1.93 bits per heavy atom. The van der Waals surface area contributed by atoms with Gasteiger partial charge >= 0.3 is 5.97 Å². The quantitative estimate of drug-likeness (QED) is 0.434. The number of aliphatic carboxylic acids is 1. The Kier molecular flexibility index (Phi) is 6.25. The van der Waals surface area contributed by atoms with Gasteiger partial charge in [0.25, 0.3) is 0 Å². The van der Waals surface area contributed by atoms with Crippen LogP contribution in [0.4, 0.5) is 11.5 Å². The molecule has 0 unspecified atom stereocenters. The van der Waals surface area contributed by atoms with Crippen molar-refractivity contribution < 1.29 is 15.0 Å². The van der Waals surface area contributed by atoms with Gasteiger partial charge in [0, 0.05) is 21.4 Å². The predicted octanol–water partition coefficient (Wildman–Crippen LogP) is 4.90. The van der Waals surface area contributed by atoms with Crippen LogP contribution in [0.1, 0.15) is 16.8 Å². The summed E-state index contributed by atoms with van der Waals surface area (Å²) in [4.78, 5) is 20.8. The first-order valence-corrected chi connectivity index (χ1v) is 10.3. The number of carboxylic acids is 1. The molecule has 0 saturated carbocycles. The summed E-state index contributed by atoms with van der Waals surface area (Å²) in [5.74, 6) is 0.209. The molecule has 27 heavy (non-hydrogen) atoms. The number of hydrogen-bond acceptors (Lipinski definition) is 6. The number of nitrogens with one attached hydrogen (secondary N) is 1. The van der Waals surface area contributed by atoms with Gasteiger partial charge in [0.15, 0.2) is 5.82 Å². The van der Waals surface area contributed by atoms with E-state index in [4.69, 9.17) is 5.11 Å². The van der Waals surface area contributed by atoms with Crippen molar-refractivity contribution in [2.75, 3.05) is 5.32 Å². The monoisotopic (exact) mass is 511 g/mol. The molecule has 0 aliphatic heterocycles. The Morgan fingerprint density at radius 3 is 2.48 bits per heavy atom. The van der Waals surface area contributed by atoms with E-state index in [1.807, 2.05) is 13.0 Å². The minimum absolute atomic E-state index is 0.0267. The van der Waals surface area contributed by atoms with E-state index in [0.29, 0.717) is 28.5 Å². The van der Waals surface area contributed by atoms with Gasteiger partial charge < -0.3 is 15.5 Å². The molecule has 140 valence electrons. The molecule has 0 radical (unpaired) electrons. The molecule has 3 aromatic rings. The number of benzene rings is 1. The Hall–Kier alpha value is -1.81. The molecule has 0 aliphatic carbocycles. The summed E-state index contributed by atoms with van der Waals surface area (Å²) in [5.41, 5.74) is 2.76. The lowest BCUT2D eigenvalue weighted by Crippen LogP contribution is -2.06. The zero-order valence-corrected chi connectivity index (χ0v) is 18.2. The average Bonchev–Trinajstić information content (AvgIpc) is 2.95. The van der Waals surface area contributed by atoms with E-state index in [9.17, 15) is 9.90 Å². The van der Waals surface area contributed by atoms with Crippen LogP contribution in [0.5, 0.6) is 0 Å². The van der Waals surface area contributed by atoms with Crippen LogP contribution in [0.2, 0.25) is 0 Å². The Bertz CT molecular complexity index is 971. The topological polar surface area (TPSA) is 95.3 Å². The van der Waals surface area contributed by atoms with E-state index in [0.717, 1.165) is 18.8 Å². The van der Waals surface area contributed by atoms with E-state index >= 15 is 0 Å². The van der Waals surface area contributed by atoms with Gasteiger partial charge in [-0.15, -0.1) is 11.3 Å². The minimum Gasteiger partial charge on any atom is -0.481 e. The summed E-state index contributed by atoms with van der Waals surface area (Å²) in [5, 5.41) is 21.8. The summed E-state index contributed by atoms with van der Waals surface area (Å²) < 4.78 is 1.88.